The predicted molar refractivity (Wildman–Crippen MR) is 112 cm³/mol. The molecule has 3 aromatic rings. The summed E-state index contributed by atoms with van der Waals surface area (Å²) in [6.45, 7) is 9.08. The van der Waals surface area contributed by atoms with Crippen molar-refractivity contribution in [1.82, 2.24) is 19.5 Å². The van der Waals surface area contributed by atoms with Gasteiger partial charge in [0.1, 0.15) is 5.82 Å². The minimum Gasteiger partial charge on any atom is -0.392 e. The number of rotatable bonds is 7. The lowest BCUT2D eigenvalue weighted by atomic mass is 9.87. The van der Waals surface area contributed by atoms with Gasteiger partial charge >= 0.3 is 0 Å². The Morgan fingerprint density at radius 2 is 1.86 bits per heavy atom. The second-order valence-corrected chi connectivity index (χ2v) is 8.05. The van der Waals surface area contributed by atoms with E-state index in [1.54, 1.807) is 6.20 Å². The standard InChI is InChI=1S/C22H29N5O/c1-5-13-27-18(15-24-20(27)14-19(28)22(2,3)4)17-11-12-23-21(26-17)25-16-9-7-6-8-10-16/h6-12,15,19,28H,5,13-14H2,1-4H3,(H,23,25,26). The fourth-order valence-electron chi connectivity index (χ4n) is 2.95. The highest BCUT2D eigenvalue weighted by Gasteiger charge is 2.25. The quantitative estimate of drug-likeness (QED) is 0.634. The third-order valence-corrected chi connectivity index (χ3v) is 4.71. The predicted octanol–water partition coefficient (Wildman–Crippen LogP) is 4.44. The molecule has 0 saturated heterocycles. The Hall–Kier alpha value is -2.73. The molecule has 1 unspecified atom stereocenters. The zero-order valence-electron chi connectivity index (χ0n) is 17.1. The molecule has 1 atom stereocenters. The van der Waals surface area contributed by atoms with E-state index in [2.05, 4.69) is 31.8 Å². The summed E-state index contributed by atoms with van der Waals surface area (Å²) in [5.74, 6) is 1.43. The zero-order valence-corrected chi connectivity index (χ0v) is 17.1. The number of anilines is 2. The first-order chi connectivity index (χ1) is 13.4. The fourth-order valence-corrected chi connectivity index (χ4v) is 2.95. The van der Waals surface area contributed by atoms with E-state index in [1.807, 2.05) is 63.4 Å². The van der Waals surface area contributed by atoms with Crippen molar-refractivity contribution < 1.29 is 5.11 Å². The van der Waals surface area contributed by atoms with Crippen LogP contribution in [0.25, 0.3) is 11.4 Å². The Morgan fingerprint density at radius 1 is 1.11 bits per heavy atom. The summed E-state index contributed by atoms with van der Waals surface area (Å²) in [7, 11) is 0. The lowest BCUT2D eigenvalue weighted by molar-refractivity contribution is 0.0611. The summed E-state index contributed by atoms with van der Waals surface area (Å²) in [5, 5.41) is 13.8. The van der Waals surface area contributed by atoms with E-state index in [-0.39, 0.29) is 5.41 Å². The molecule has 0 saturated carbocycles. The second kappa shape index (κ2) is 8.52. The molecule has 0 radical (unpaired) electrons. The molecule has 3 rings (SSSR count). The Kier molecular flexibility index (Phi) is 6.09. The summed E-state index contributed by atoms with van der Waals surface area (Å²) < 4.78 is 2.16. The van der Waals surface area contributed by atoms with Crippen molar-refractivity contribution in [1.29, 1.82) is 0 Å². The molecule has 148 valence electrons. The molecular weight excluding hydrogens is 350 g/mol. The highest BCUT2D eigenvalue weighted by Crippen LogP contribution is 2.26. The van der Waals surface area contributed by atoms with Crippen LogP contribution >= 0.6 is 0 Å². The average Bonchev–Trinajstić information content (AvgIpc) is 3.05. The Morgan fingerprint density at radius 3 is 2.54 bits per heavy atom. The van der Waals surface area contributed by atoms with Gasteiger partial charge in [0, 0.05) is 24.8 Å². The van der Waals surface area contributed by atoms with Gasteiger partial charge in [0.2, 0.25) is 5.95 Å². The van der Waals surface area contributed by atoms with Crippen molar-refractivity contribution in [2.24, 2.45) is 5.41 Å². The van der Waals surface area contributed by atoms with Crippen LogP contribution in [0.3, 0.4) is 0 Å². The molecule has 0 amide bonds. The lowest BCUT2D eigenvalue weighted by Crippen LogP contribution is -2.29. The van der Waals surface area contributed by atoms with Crippen LogP contribution < -0.4 is 5.32 Å². The molecule has 1 aromatic carbocycles. The van der Waals surface area contributed by atoms with Gasteiger partial charge in [-0.3, -0.25) is 0 Å². The van der Waals surface area contributed by atoms with E-state index in [4.69, 9.17) is 0 Å². The molecular formula is C22H29N5O. The van der Waals surface area contributed by atoms with Crippen molar-refractivity contribution in [2.75, 3.05) is 5.32 Å². The Balaban J connectivity index is 1.89. The van der Waals surface area contributed by atoms with Crippen molar-refractivity contribution in [3.63, 3.8) is 0 Å². The topological polar surface area (TPSA) is 75.9 Å². The first kappa shape index (κ1) is 20.0. The van der Waals surface area contributed by atoms with Crippen LogP contribution in [0.4, 0.5) is 11.6 Å². The third kappa shape index (κ3) is 4.75. The number of aromatic nitrogens is 4. The SMILES string of the molecule is CCCn1c(-c2ccnc(Nc3ccccc3)n2)cnc1CC(O)C(C)(C)C. The number of nitrogens with zero attached hydrogens (tertiary/aromatic N) is 4. The van der Waals surface area contributed by atoms with Crippen molar-refractivity contribution in [3.05, 3.63) is 54.6 Å². The lowest BCUT2D eigenvalue weighted by Gasteiger charge is -2.25. The minimum atomic E-state index is -0.459. The number of benzene rings is 1. The first-order valence-corrected chi connectivity index (χ1v) is 9.76. The van der Waals surface area contributed by atoms with Gasteiger partial charge in [0.15, 0.2) is 0 Å². The molecule has 6 nitrogen and oxygen atoms in total. The molecule has 0 aliphatic heterocycles. The number of nitrogens with one attached hydrogen (secondary N) is 1. The summed E-state index contributed by atoms with van der Waals surface area (Å²) in [6, 6.07) is 11.7. The second-order valence-electron chi connectivity index (χ2n) is 8.05. The summed E-state index contributed by atoms with van der Waals surface area (Å²) >= 11 is 0. The van der Waals surface area contributed by atoms with E-state index < -0.39 is 6.10 Å². The van der Waals surface area contributed by atoms with Crippen LogP contribution in [-0.4, -0.2) is 30.7 Å². The zero-order chi connectivity index (χ0) is 20.1. The van der Waals surface area contributed by atoms with Crippen LogP contribution in [-0.2, 0) is 13.0 Å². The largest absolute Gasteiger partial charge is 0.392 e. The fraction of sp³-hybridized carbons (Fsp3) is 0.409. The van der Waals surface area contributed by atoms with Crippen LogP contribution in [0.1, 0.15) is 39.9 Å². The van der Waals surface area contributed by atoms with Gasteiger partial charge in [-0.2, -0.15) is 0 Å². The highest BCUT2D eigenvalue weighted by atomic mass is 16.3. The number of hydrogen-bond acceptors (Lipinski definition) is 5. The van der Waals surface area contributed by atoms with Crippen LogP contribution in [0.2, 0.25) is 0 Å². The summed E-state index contributed by atoms with van der Waals surface area (Å²) in [6.07, 6.45) is 4.63. The molecule has 0 bridgehead atoms. The van der Waals surface area contributed by atoms with E-state index in [1.165, 1.54) is 0 Å². The minimum absolute atomic E-state index is 0.190. The number of hydrogen-bond donors (Lipinski definition) is 2. The van der Waals surface area contributed by atoms with Crippen molar-refractivity contribution in [2.45, 2.75) is 53.2 Å². The number of para-hydroxylation sites is 1. The van der Waals surface area contributed by atoms with Gasteiger partial charge in [-0.25, -0.2) is 15.0 Å². The number of aliphatic hydroxyl groups excluding tert-OH is 1. The van der Waals surface area contributed by atoms with E-state index in [0.29, 0.717) is 12.4 Å². The van der Waals surface area contributed by atoms with Gasteiger partial charge in [0.25, 0.3) is 0 Å². The molecule has 0 fully saturated rings. The van der Waals surface area contributed by atoms with Gasteiger partial charge < -0.3 is 15.0 Å². The molecule has 6 heteroatoms. The smallest absolute Gasteiger partial charge is 0.227 e. The number of imidazole rings is 1. The van der Waals surface area contributed by atoms with E-state index in [9.17, 15) is 5.11 Å². The van der Waals surface area contributed by atoms with E-state index in [0.717, 1.165) is 35.9 Å². The summed E-state index contributed by atoms with van der Waals surface area (Å²) in [5.41, 5.74) is 2.50. The van der Waals surface area contributed by atoms with Gasteiger partial charge in [-0.1, -0.05) is 45.9 Å². The maximum Gasteiger partial charge on any atom is 0.227 e. The molecule has 0 aliphatic rings. The molecule has 2 heterocycles. The molecule has 2 aromatic heterocycles. The maximum absolute atomic E-state index is 10.5. The van der Waals surface area contributed by atoms with Gasteiger partial charge in [0.05, 0.1) is 23.7 Å². The van der Waals surface area contributed by atoms with Crippen molar-refractivity contribution >= 4 is 11.6 Å². The van der Waals surface area contributed by atoms with Crippen LogP contribution in [0, 0.1) is 5.41 Å². The highest BCUT2D eigenvalue weighted by molar-refractivity contribution is 5.59. The monoisotopic (exact) mass is 379 g/mol. The average molecular weight is 380 g/mol. The Labute approximate surface area is 166 Å². The van der Waals surface area contributed by atoms with Crippen molar-refractivity contribution in [3.8, 4) is 11.4 Å². The number of aliphatic hydroxyl groups is 1. The normalized spacial score (nSPS) is 12.8. The molecule has 28 heavy (non-hydrogen) atoms. The van der Waals surface area contributed by atoms with E-state index >= 15 is 0 Å². The molecule has 2 N–H and O–H groups in total. The Bertz CT molecular complexity index is 899. The molecule has 0 aliphatic carbocycles. The summed E-state index contributed by atoms with van der Waals surface area (Å²) in [4.78, 5) is 13.6. The van der Waals surface area contributed by atoms with Crippen LogP contribution in [0.15, 0.2) is 48.8 Å². The third-order valence-electron chi connectivity index (χ3n) is 4.71. The first-order valence-electron chi connectivity index (χ1n) is 9.76. The van der Waals surface area contributed by atoms with Crippen LogP contribution in [0.5, 0.6) is 0 Å². The van der Waals surface area contributed by atoms with Gasteiger partial charge in [-0.05, 0) is 30.0 Å². The van der Waals surface area contributed by atoms with Gasteiger partial charge in [-0.15, -0.1) is 0 Å². The molecule has 0 spiro atoms. The maximum atomic E-state index is 10.5.